The van der Waals surface area contributed by atoms with Crippen molar-refractivity contribution in [3.05, 3.63) is 0 Å². The summed E-state index contributed by atoms with van der Waals surface area (Å²) < 4.78 is 26.8. The van der Waals surface area contributed by atoms with Crippen molar-refractivity contribution in [1.82, 2.24) is 5.32 Å². The fraction of sp³-hybridized carbons (Fsp3) is 0.857. The second-order valence-corrected chi connectivity index (χ2v) is 5.78. The maximum Gasteiger partial charge on any atom is 0.407 e. The molecular formula is C7H12ClNO4S. The van der Waals surface area contributed by atoms with E-state index in [9.17, 15) is 13.2 Å². The van der Waals surface area contributed by atoms with E-state index in [4.69, 9.17) is 11.6 Å². The molecule has 2 unspecified atom stereocenters. The molecule has 5 nitrogen and oxygen atoms in total. The lowest BCUT2D eigenvalue weighted by Crippen LogP contribution is -2.40. The minimum absolute atomic E-state index is 0.0916. The Morgan fingerprint density at radius 1 is 1.57 bits per heavy atom. The van der Waals surface area contributed by atoms with Crippen LogP contribution in [0.5, 0.6) is 0 Å². The van der Waals surface area contributed by atoms with Crippen molar-refractivity contribution in [3.8, 4) is 0 Å². The van der Waals surface area contributed by atoms with Gasteiger partial charge in [-0.1, -0.05) is 0 Å². The molecule has 14 heavy (non-hydrogen) atoms. The van der Waals surface area contributed by atoms with Crippen LogP contribution in [0.2, 0.25) is 0 Å². The molecule has 0 spiro atoms. The van der Waals surface area contributed by atoms with Crippen molar-refractivity contribution in [2.24, 2.45) is 0 Å². The molecule has 1 amide bonds. The van der Waals surface area contributed by atoms with Crippen LogP contribution in [-0.4, -0.2) is 44.0 Å². The zero-order chi connectivity index (χ0) is 10.8. The number of nitrogens with one attached hydrogen (secondary N) is 1. The van der Waals surface area contributed by atoms with Crippen molar-refractivity contribution < 1.29 is 17.9 Å². The monoisotopic (exact) mass is 241 g/mol. The third-order valence-corrected chi connectivity index (χ3v) is 4.24. The summed E-state index contributed by atoms with van der Waals surface area (Å²) in [5.74, 6) is -0.203. The van der Waals surface area contributed by atoms with Crippen LogP contribution >= 0.6 is 11.6 Å². The molecule has 1 heterocycles. The smallest absolute Gasteiger partial charge is 0.407 e. The molecule has 1 rings (SSSR count). The molecule has 1 fully saturated rings. The number of carbonyl (C=O) groups is 1. The predicted octanol–water partition coefficient (Wildman–Crippen LogP) is 0.137. The second kappa shape index (κ2) is 4.35. The highest BCUT2D eigenvalue weighted by Gasteiger charge is 2.37. The van der Waals surface area contributed by atoms with Crippen LogP contribution in [0, 0.1) is 0 Å². The highest BCUT2D eigenvalue weighted by atomic mass is 35.5. The van der Waals surface area contributed by atoms with Crippen LogP contribution in [0.1, 0.15) is 6.92 Å². The van der Waals surface area contributed by atoms with E-state index in [1.165, 1.54) is 0 Å². The van der Waals surface area contributed by atoms with Crippen molar-refractivity contribution in [2.75, 3.05) is 18.1 Å². The molecule has 0 saturated carbocycles. The van der Waals surface area contributed by atoms with Crippen LogP contribution in [0.15, 0.2) is 0 Å². The lowest BCUT2D eigenvalue weighted by molar-refractivity contribution is 0.149. The average molecular weight is 242 g/mol. The summed E-state index contributed by atoms with van der Waals surface area (Å²) in [6.45, 7) is 1.92. The Labute approximate surface area is 87.7 Å². The van der Waals surface area contributed by atoms with Gasteiger partial charge >= 0.3 is 6.09 Å². The quantitative estimate of drug-likeness (QED) is 0.698. The SMILES string of the molecule is CCOC(=O)NC1CS(=O)(=O)CC1Cl. The van der Waals surface area contributed by atoms with Crippen LogP contribution in [0.4, 0.5) is 4.79 Å². The van der Waals surface area contributed by atoms with E-state index in [0.717, 1.165) is 0 Å². The topological polar surface area (TPSA) is 72.5 Å². The summed E-state index contributed by atoms with van der Waals surface area (Å²) >= 11 is 5.76. The Morgan fingerprint density at radius 3 is 2.64 bits per heavy atom. The summed E-state index contributed by atoms with van der Waals surface area (Å²) in [6, 6.07) is -0.541. The maximum absolute atomic E-state index is 11.1. The van der Waals surface area contributed by atoms with Gasteiger partial charge in [0.05, 0.1) is 29.5 Å². The number of amides is 1. The van der Waals surface area contributed by atoms with Crippen LogP contribution in [0.3, 0.4) is 0 Å². The van der Waals surface area contributed by atoms with Crippen molar-refractivity contribution in [3.63, 3.8) is 0 Å². The highest BCUT2D eigenvalue weighted by Crippen LogP contribution is 2.17. The van der Waals surface area contributed by atoms with Gasteiger partial charge in [0, 0.05) is 0 Å². The maximum atomic E-state index is 11.1. The number of carbonyl (C=O) groups excluding carboxylic acids is 1. The summed E-state index contributed by atoms with van der Waals surface area (Å²) in [5.41, 5.74) is 0. The van der Waals surface area contributed by atoms with E-state index in [1.54, 1.807) is 6.92 Å². The lowest BCUT2D eigenvalue weighted by Gasteiger charge is -2.13. The number of rotatable bonds is 2. The zero-order valence-electron chi connectivity index (χ0n) is 7.70. The number of halogens is 1. The molecule has 1 aliphatic rings. The molecule has 0 aromatic heterocycles. The van der Waals surface area contributed by atoms with Gasteiger partial charge in [-0.25, -0.2) is 13.2 Å². The molecule has 1 saturated heterocycles. The minimum atomic E-state index is -3.11. The fourth-order valence-electron chi connectivity index (χ4n) is 1.26. The first kappa shape index (κ1) is 11.6. The molecule has 0 radical (unpaired) electrons. The van der Waals surface area contributed by atoms with Crippen molar-refractivity contribution in [2.45, 2.75) is 18.3 Å². The first-order chi connectivity index (χ1) is 6.44. The van der Waals surface area contributed by atoms with Gasteiger partial charge in [-0.15, -0.1) is 11.6 Å². The van der Waals surface area contributed by atoms with Gasteiger partial charge in [0.1, 0.15) is 0 Å². The van der Waals surface area contributed by atoms with Gasteiger partial charge in [-0.05, 0) is 6.92 Å². The van der Waals surface area contributed by atoms with E-state index < -0.39 is 27.3 Å². The van der Waals surface area contributed by atoms with E-state index in [2.05, 4.69) is 10.1 Å². The number of ether oxygens (including phenoxy) is 1. The number of hydrogen-bond donors (Lipinski definition) is 1. The minimum Gasteiger partial charge on any atom is -0.450 e. The molecular weight excluding hydrogens is 230 g/mol. The fourth-order valence-corrected chi connectivity index (χ4v) is 3.81. The largest absolute Gasteiger partial charge is 0.450 e. The predicted molar refractivity (Wildman–Crippen MR) is 52.2 cm³/mol. The number of sulfone groups is 1. The second-order valence-electron chi connectivity index (χ2n) is 3.06. The molecule has 0 aliphatic carbocycles. The summed E-state index contributed by atoms with van der Waals surface area (Å²) in [4.78, 5) is 11.0. The molecule has 0 aromatic rings. The van der Waals surface area contributed by atoms with Gasteiger partial charge in [0.15, 0.2) is 9.84 Å². The molecule has 7 heteroatoms. The van der Waals surface area contributed by atoms with Crippen LogP contribution in [0.25, 0.3) is 0 Å². The normalized spacial score (nSPS) is 29.9. The van der Waals surface area contributed by atoms with Gasteiger partial charge in [-0.3, -0.25) is 0 Å². The molecule has 82 valence electrons. The summed E-state index contributed by atoms with van der Waals surface area (Å²) in [5, 5.41) is 1.85. The Balaban J connectivity index is 2.51. The summed E-state index contributed by atoms with van der Waals surface area (Å²) in [6.07, 6.45) is -0.625. The van der Waals surface area contributed by atoms with Crippen molar-refractivity contribution in [1.29, 1.82) is 0 Å². The summed E-state index contributed by atoms with van der Waals surface area (Å²) in [7, 11) is -3.11. The van der Waals surface area contributed by atoms with Crippen molar-refractivity contribution >= 4 is 27.5 Å². The lowest BCUT2D eigenvalue weighted by atomic mass is 10.3. The third kappa shape index (κ3) is 3.02. The van der Waals surface area contributed by atoms with E-state index >= 15 is 0 Å². The Bertz CT molecular complexity index is 316. The van der Waals surface area contributed by atoms with E-state index in [-0.39, 0.29) is 18.1 Å². The molecule has 1 N–H and O–H groups in total. The Kier molecular flexibility index (Phi) is 3.60. The standard InChI is InChI=1S/C7H12ClNO4S/c1-2-13-7(10)9-6-4-14(11,12)3-5(6)8/h5-6H,2-4H2,1H3,(H,9,10). The molecule has 2 atom stereocenters. The first-order valence-electron chi connectivity index (χ1n) is 4.22. The number of alkyl carbamates (subject to hydrolysis) is 1. The van der Waals surface area contributed by atoms with Crippen LogP contribution < -0.4 is 5.32 Å². The van der Waals surface area contributed by atoms with Gasteiger partial charge in [0.25, 0.3) is 0 Å². The van der Waals surface area contributed by atoms with E-state index in [1.807, 2.05) is 0 Å². The van der Waals surface area contributed by atoms with Gasteiger partial charge in [-0.2, -0.15) is 0 Å². The first-order valence-corrected chi connectivity index (χ1v) is 6.48. The average Bonchev–Trinajstić information content (AvgIpc) is 2.25. The third-order valence-electron chi connectivity index (χ3n) is 1.86. The molecule has 1 aliphatic heterocycles. The molecule has 0 aromatic carbocycles. The Morgan fingerprint density at radius 2 is 2.21 bits per heavy atom. The van der Waals surface area contributed by atoms with Gasteiger partial charge in [0.2, 0.25) is 0 Å². The molecule has 0 bridgehead atoms. The van der Waals surface area contributed by atoms with E-state index in [0.29, 0.717) is 0 Å². The van der Waals surface area contributed by atoms with Gasteiger partial charge < -0.3 is 10.1 Å². The Hall–Kier alpha value is -0.490. The zero-order valence-corrected chi connectivity index (χ0v) is 9.27. The van der Waals surface area contributed by atoms with Crippen LogP contribution in [-0.2, 0) is 14.6 Å². The number of alkyl halides is 1. The highest BCUT2D eigenvalue weighted by molar-refractivity contribution is 7.91. The number of hydrogen-bond acceptors (Lipinski definition) is 4.